The molecule has 0 spiro atoms. The molecule has 0 saturated heterocycles. The molecule has 0 aliphatic rings. The summed E-state index contributed by atoms with van der Waals surface area (Å²) in [5.41, 5.74) is 0.364. The molecule has 1 amide bonds. The van der Waals surface area contributed by atoms with Crippen molar-refractivity contribution in [3.63, 3.8) is 0 Å². The van der Waals surface area contributed by atoms with Gasteiger partial charge in [-0.05, 0) is 12.1 Å². The highest BCUT2D eigenvalue weighted by molar-refractivity contribution is 7.92. The predicted molar refractivity (Wildman–Crippen MR) is 72.8 cm³/mol. The van der Waals surface area contributed by atoms with E-state index in [1.807, 2.05) is 0 Å². The SMILES string of the molecule is COc1ccc(NC(=O)CS(=O)(=O)CCF)cc1OC. The monoisotopic (exact) mass is 305 g/mol. The summed E-state index contributed by atoms with van der Waals surface area (Å²) in [5.74, 6) is -1.27. The lowest BCUT2D eigenvalue weighted by molar-refractivity contribution is -0.113. The summed E-state index contributed by atoms with van der Waals surface area (Å²) in [6.45, 7) is -1.01. The largest absolute Gasteiger partial charge is 0.493 e. The molecule has 0 aromatic heterocycles. The van der Waals surface area contributed by atoms with Crippen molar-refractivity contribution < 1.29 is 27.1 Å². The first-order valence-electron chi connectivity index (χ1n) is 5.70. The molecular formula is C12H16FNO5S. The van der Waals surface area contributed by atoms with E-state index in [2.05, 4.69) is 5.32 Å². The van der Waals surface area contributed by atoms with Gasteiger partial charge in [0.15, 0.2) is 21.3 Å². The summed E-state index contributed by atoms with van der Waals surface area (Å²) in [6.07, 6.45) is 0. The van der Waals surface area contributed by atoms with E-state index >= 15 is 0 Å². The molecular weight excluding hydrogens is 289 g/mol. The Kier molecular flexibility index (Phi) is 5.75. The lowest BCUT2D eigenvalue weighted by Gasteiger charge is -2.10. The van der Waals surface area contributed by atoms with Crippen LogP contribution in [0.15, 0.2) is 18.2 Å². The van der Waals surface area contributed by atoms with Crippen LogP contribution in [0.25, 0.3) is 0 Å². The molecule has 1 rings (SSSR count). The van der Waals surface area contributed by atoms with Crippen LogP contribution in [0.2, 0.25) is 0 Å². The molecule has 0 fully saturated rings. The molecule has 0 atom stereocenters. The maximum absolute atomic E-state index is 12.0. The Morgan fingerprint density at radius 2 is 1.90 bits per heavy atom. The van der Waals surface area contributed by atoms with Gasteiger partial charge in [-0.3, -0.25) is 4.79 Å². The number of ether oxygens (including phenoxy) is 2. The topological polar surface area (TPSA) is 81.7 Å². The number of methoxy groups -OCH3 is 2. The first-order valence-corrected chi connectivity index (χ1v) is 7.52. The highest BCUT2D eigenvalue weighted by Crippen LogP contribution is 2.29. The zero-order valence-electron chi connectivity index (χ0n) is 11.2. The Morgan fingerprint density at radius 3 is 2.45 bits per heavy atom. The fourth-order valence-electron chi connectivity index (χ4n) is 1.50. The van der Waals surface area contributed by atoms with Gasteiger partial charge in [0.2, 0.25) is 5.91 Å². The zero-order valence-corrected chi connectivity index (χ0v) is 12.0. The number of rotatable bonds is 7. The quantitative estimate of drug-likeness (QED) is 0.813. The fraction of sp³-hybridized carbons (Fsp3) is 0.417. The molecule has 0 bridgehead atoms. The average Bonchev–Trinajstić information content (AvgIpc) is 2.37. The normalized spacial score (nSPS) is 10.9. The summed E-state index contributed by atoms with van der Waals surface area (Å²) < 4.78 is 44.7. The molecule has 1 aromatic rings. The van der Waals surface area contributed by atoms with Crippen molar-refractivity contribution in [3.05, 3.63) is 18.2 Å². The Balaban J connectivity index is 2.76. The van der Waals surface area contributed by atoms with Crippen molar-refractivity contribution in [3.8, 4) is 11.5 Å². The second-order valence-corrected chi connectivity index (χ2v) is 6.08. The number of anilines is 1. The van der Waals surface area contributed by atoms with Gasteiger partial charge >= 0.3 is 0 Å². The van der Waals surface area contributed by atoms with E-state index in [-0.39, 0.29) is 0 Å². The summed E-state index contributed by atoms with van der Waals surface area (Å²) >= 11 is 0. The molecule has 1 aromatic carbocycles. The van der Waals surface area contributed by atoms with E-state index in [0.29, 0.717) is 17.2 Å². The van der Waals surface area contributed by atoms with Gasteiger partial charge in [-0.15, -0.1) is 0 Å². The smallest absolute Gasteiger partial charge is 0.239 e. The van der Waals surface area contributed by atoms with Crippen LogP contribution >= 0.6 is 0 Å². The number of hydrogen-bond acceptors (Lipinski definition) is 5. The fourth-order valence-corrected chi connectivity index (χ4v) is 2.35. The number of carbonyl (C=O) groups excluding carboxylic acids is 1. The summed E-state index contributed by atoms with van der Waals surface area (Å²) in [7, 11) is -0.811. The first-order chi connectivity index (χ1) is 9.41. The Labute approximate surface area is 116 Å². The Morgan fingerprint density at radius 1 is 1.25 bits per heavy atom. The average molecular weight is 305 g/mol. The number of hydrogen-bond donors (Lipinski definition) is 1. The van der Waals surface area contributed by atoms with Gasteiger partial charge in [0, 0.05) is 11.8 Å². The van der Waals surface area contributed by atoms with Crippen LogP contribution in [-0.2, 0) is 14.6 Å². The van der Waals surface area contributed by atoms with Gasteiger partial charge in [-0.1, -0.05) is 0 Å². The van der Waals surface area contributed by atoms with E-state index in [4.69, 9.17) is 9.47 Å². The summed E-state index contributed by atoms with van der Waals surface area (Å²) in [4.78, 5) is 11.6. The van der Waals surface area contributed by atoms with Crippen molar-refractivity contribution in [2.24, 2.45) is 0 Å². The van der Waals surface area contributed by atoms with Crippen LogP contribution in [0.1, 0.15) is 0 Å². The van der Waals surface area contributed by atoms with Gasteiger partial charge in [0.05, 0.1) is 20.0 Å². The van der Waals surface area contributed by atoms with Gasteiger partial charge in [0.1, 0.15) is 12.4 Å². The molecule has 1 N–H and O–H groups in total. The van der Waals surface area contributed by atoms with Crippen LogP contribution in [-0.4, -0.2) is 46.7 Å². The molecule has 112 valence electrons. The first kappa shape index (κ1) is 16.2. The van der Waals surface area contributed by atoms with E-state index in [1.165, 1.54) is 20.3 Å². The van der Waals surface area contributed by atoms with Crippen LogP contribution in [0.3, 0.4) is 0 Å². The molecule has 0 saturated carbocycles. The minimum Gasteiger partial charge on any atom is -0.493 e. The summed E-state index contributed by atoms with van der Waals surface area (Å²) in [6, 6.07) is 4.62. The van der Waals surface area contributed by atoms with E-state index < -0.39 is 33.9 Å². The number of carbonyl (C=O) groups is 1. The van der Waals surface area contributed by atoms with Crippen molar-refractivity contribution in [1.29, 1.82) is 0 Å². The third kappa shape index (κ3) is 4.69. The van der Waals surface area contributed by atoms with Crippen LogP contribution in [0, 0.1) is 0 Å². The number of amides is 1. The maximum atomic E-state index is 12.0. The number of nitrogens with one attached hydrogen (secondary N) is 1. The van der Waals surface area contributed by atoms with Crippen molar-refractivity contribution >= 4 is 21.4 Å². The highest BCUT2D eigenvalue weighted by Gasteiger charge is 2.17. The second kappa shape index (κ2) is 7.09. The zero-order chi connectivity index (χ0) is 15.2. The lowest BCUT2D eigenvalue weighted by atomic mass is 10.2. The van der Waals surface area contributed by atoms with Crippen molar-refractivity contribution in [2.45, 2.75) is 0 Å². The third-order valence-electron chi connectivity index (χ3n) is 2.41. The molecule has 6 nitrogen and oxygen atoms in total. The molecule has 0 unspecified atom stereocenters. The van der Waals surface area contributed by atoms with Gasteiger partial charge < -0.3 is 14.8 Å². The molecule has 20 heavy (non-hydrogen) atoms. The van der Waals surface area contributed by atoms with Crippen LogP contribution < -0.4 is 14.8 Å². The molecule has 0 heterocycles. The minimum absolute atomic E-state index is 0.364. The van der Waals surface area contributed by atoms with Gasteiger partial charge in [-0.2, -0.15) is 0 Å². The predicted octanol–water partition coefficient (Wildman–Crippen LogP) is 1.03. The van der Waals surface area contributed by atoms with Gasteiger partial charge in [-0.25, -0.2) is 12.8 Å². The molecule has 8 heteroatoms. The maximum Gasteiger partial charge on any atom is 0.239 e. The van der Waals surface area contributed by atoms with E-state index in [9.17, 15) is 17.6 Å². The second-order valence-electron chi connectivity index (χ2n) is 3.90. The van der Waals surface area contributed by atoms with Gasteiger partial charge in [0.25, 0.3) is 0 Å². The van der Waals surface area contributed by atoms with E-state index in [1.54, 1.807) is 12.1 Å². The van der Waals surface area contributed by atoms with E-state index in [0.717, 1.165) is 0 Å². The van der Waals surface area contributed by atoms with Crippen LogP contribution in [0.4, 0.5) is 10.1 Å². The molecule has 0 aliphatic heterocycles. The minimum atomic E-state index is -3.72. The van der Waals surface area contributed by atoms with Crippen LogP contribution in [0.5, 0.6) is 11.5 Å². The Hall–Kier alpha value is -1.83. The number of sulfone groups is 1. The molecule has 0 radical (unpaired) electrons. The van der Waals surface area contributed by atoms with Crippen molar-refractivity contribution in [2.75, 3.05) is 37.7 Å². The number of alkyl halides is 1. The number of benzene rings is 1. The summed E-state index contributed by atoms with van der Waals surface area (Å²) in [5, 5.41) is 2.41. The highest BCUT2D eigenvalue weighted by atomic mass is 32.2. The standard InChI is InChI=1S/C12H16FNO5S/c1-18-10-4-3-9(7-11(10)19-2)14-12(15)8-20(16,17)6-5-13/h3-4,7H,5-6,8H2,1-2H3,(H,14,15). The lowest BCUT2D eigenvalue weighted by Crippen LogP contribution is -2.25. The number of halogens is 1. The third-order valence-corrected chi connectivity index (χ3v) is 3.88. The Bertz CT molecular complexity index is 573. The van der Waals surface area contributed by atoms with Crippen molar-refractivity contribution in [1.82, 2.24) is 0 Å². The molecule has 0 aliphatic carbocycles.